The Morgan fingerprint density at radius 3 is 3.06 bits per heavy atom. The summed E-state index contributed by atoms with van der Waals surface area (Å²) in [6, 6.07) is 2.07. The van der Waals surface area contributed by atoms with Gasteiger partial charge in [-0.1, -0.05) is 0 Å². The van der Waals surface area contributed by atoms with Crippen LogP contribution in [0, 0.1) is 0 Å². The van der Waals surface area contributed by atoms with Gasteiger partial charge in [0.1, 0.15) is 0 Å². The second-order valence-corrected chi connectivity index (χ2v) is 3.63. The first kappa shape index (κ1) is 12.7. The summed E-state index contributed by atoms with van der Waals surface area (Å²) in [4.78, 5) is 8.37. The van der Waals surface area contributed by atoms with Crippen molar-refractivity contribution in [3.8, 4) is 5.88 Å². The zero-order valence-electron chi connectivity index (χ0n) is 9.94. The smallest absolute Gasteiger partial charge is 0.226 e. The summed E-state index contributed by atoms with van der Waals surface area (Å²) in [5.41, 5.74) is 5.45. The number of anilines is 1. The van der Waals surface area contributed by atoms with Crippen LogP contribution < -0.4 is 15.8 Å². The van der Waals surface area contributed by atoms with Crippen LogP contribution in [-0.4, -0.2) is 29.2 Å². The van der Waals surface area contributed by atoms with E-state index >= 15 is 0 Å². The first-order valence-corrected chi connectivity index (χ1v) is 5.68. The molecule has 90 valence electrons. The predicted molar refractivity (Wildman–Crippen MR) is 64.6 cm³/mol. The molecule has 0 aliphatic heterocycles. The van der Waals surface area contributed by atoms with Crippen LogP contribution in [0.25, 0.3) is 0 Å². The summed E-state index contributed by atoms with van der Waals surface area (Å²) in [6.45, 7) is 5.34. The molecule has 0 aromatic carbocycles. The minimum Gasteiger partial charge on any atom is -0.478 e. The van der Waals surface area contributed by atoms with Gasteiger partial charge in [0.15, 0.2) is 0 Å². The molecule has 0 aliphatic carbocycles. The van der Waals surface area contributed by atoms with Crippen LogP contribution in [-0.2, 0) is 0 Å². The first-order chi connectivity index (χ1) is 7.76. The molecule has 0 amide bonds. The van der Waals surface area contributed by atoms with E-state index in [9.17, 15) is 0 Å². The molecule has 1 atom stereocenters. The third-order valence-electron chi connectivity index (χ3n) is 2.14. The van der Waals surface area contributed by atoms with Crippen molar-refractivity contribution in [3.63, 3.8) is 0 Å². The molecule has 1 rings (SSSR count). The summed E-state index contributed by atoms with van der Waals surface area (Å²) >= 11 is 0. The fourth-order valence-electron chi connectivity index (χ4n) is 1.36. The highest BCUT2D eigenvalue weighted by molar-refractivity contribution is 5.28. The summed E-state index contributed by atoms with van der Waals surface area (Å²) < 4.78 is 5.30. The fourth-order valence-corrected chi connectivity index (χ4v) is 1.36. The highest BCUT2D eigenvalue weighted by Crippen LogP contribution is 2.10. The molecule has 0 spiro atoms. The van der Waals surface area contributed by atoms with Gasteiger partial charge < -0.3 is 15.8 Å². The number of rotatable bonds is 7. The zero-order valence-corrected chi connectivity index (χ0v) is 9.94. The van der Waals surface area contributed by atoms with E-state index in [1.165, 1.54) is 0 Å². The zero-order chi connectivity index (χ0) is 11.8. The lowest BCUT2D eigenvalue weighted by Crippen LogP contribution is -2.18. The molecule has 0 saturated heterocycles. The summed E-state index contributed by atoms with van der Waals surface area (Å²) in [5, 5.41) is 3.22. The van der Waals surface area contributed by atoms with E-state index in [0.717, 1.165) is 12.8 Å². The number of aromatic nitrogens is 2. The molecule has 1 heterocycles. The number of hydrogen-bond acceptors (Lipinski definition) is 5. The molecular formula is C11H20N4O. The van der Waals surface area contributed by atoms with E-state index in [0.29, 0.717) is 31.0 Å². The number of nitrogens with zero attached hydrogens (tertiary/aromatic N) is 2. The number of hydrogen-bond donors (Lipinski definition) is 2. The van der Waals surface area contributed by atoms with Crippen molar-refractivity contribution in [2.45, 2.75) is 32.7 Å². The summed E-state index contributed by atoms with van der Waals surface area (Å²) in [6.07, 6.45) is 3.70. The number of ether oxygens (including phenoxy) is 1. The van der Waals surface area contributed by atoms with Gasteiger partial charge in [0.05, 0.1) is 6.61 Å². The van der Waals surface area contributed by atoms with E-state index in [-0.39, 0.29) is 0 Å². The molecule has 0 fully saturated rings. The number of nitrogens with two attached hydrogens (primary N) is 1. The van der Waals surface area contributed by atoms with Crippen LogP contribution in [0.15, 0.2) is 12.3 Å². The van der Waals surface area contributed by atoms with E-state index in [1.54, 1.807) is 12.3 Å². The molecule has 1 aromatic heterocycles. The summed E-state index contributed by atoms with van der Waals surface area (Å²) in [5.74, 6) is 1.21. The van der Waals surface area contributed by atoms with Gasteiger partial charge in [0.2, 0.25) is 11.8 Å². The van der Waals surface area contributed by atoms with E-state index in [1.807, 2.05) is 6.92 Å². The van der Waals surface area contributed by atoms with E-state index in [4.69, 9.17) is 10.5 Å². The van der Waals surface area contributed by atoms with Crippen molar-refractivity contribution >= 4 is 5.95 Å². The van der Waals surface area contributed by atoms with E-state index < -0.39 is 0 Å². The third kappa shape index (κ3) is 4.44. The van der Waals surface area contributed by atoms with Crippen LogP contribution in [0.5, 0.6) is 5.88 Å². The SMILES string of the molecule is CCOc1ccnc(NC(C)CCCN)n1. The van der Waals surface area contributed by atoms with Gasteiger partial charge in [-0.2, -0.15) is 4.98 Å². The lowest BCUT2D eigenvalue weighted by Gasteiger charge is -2.13. The van der Waals surface area contributed by atoms with Gasteiger partial charge >= 0.3 is 0 Å². The van der Waals surface area contributed by atoms with Crippen LogP contribution in [0.3, 0.4) is 0 Å². The predicted octanol–water partition coefficient (Wildman–Crippen LogP) is 1.41. The van der Waals surface area contributed by atoms with Crippen LogP contribution in [0.4, 0.5) is 5.95 Å². The van der Waals surface area contributed by atoms with Gasteiger partial charge in [-0.3, -0.25) is 0 Å². The first-order valence-electron chi connectivity index (χ1n) is 5.68. The maximum Gasteiger partial charge on any atom is 0.226 e. The Bertz CT molecular complexity index is 306. The molecule has 1 unspecified atom stereocenters. The Morgan fingerprint density at radius 1 is 1.56 bits per heavy atom. The van der Waals surface area contributed by atoms with Crippen molar-refractivity contribution in [2.75, 3.05) is 18.5 Å². The standard InChI is InChI=1S/C11H20N4O/c1-3-16-10-6-8-13-11(15-10)14-9(2)5-4-7-12/h6,8-9H,3-5,7,12H2,1-2H3,(H,13,14,15). The Morgan fingerprint density at radius 2 is 2.38 bits per heavy atom. The molecule has 1 aromatic rings. The van der Waals surface area contributed by atoms with Crippen molar-refractivity contribution in [1.82, 2.24) is 9.97 Å². The lowest BCUT2D eigenvalue weighted by atomic mass is 10.2. The maximum atomic E-state index is 5.45. The van der Waals surface area contributed by atoms with Gasteiger partial charge in [-0.05, 0) is 33.2 Å². The normalized spacial score (nSPS) is 12.2. The maximum absolute atomic E-state index is 5.45. The van der Waals surface area contributed by atoms with Crippen molar-refractivity contribution in [3.05, 3.63) is 12.3 Å². The highest BCUT2D eigenvalue weighted by atomic mass is 16.5. The van der Waals surface area contributed by atoms with Gasteiger partial charge in [-0.15, -0.1) is 0 Å². The Hall–Kier alpha value is -1.36. The van der Waals surface area contributed by atoms with Gasteiger partial charge in [-0.25, -0.2) is 4.98 Å². The second kappa shape index (κ2) is 7.00. The van der Waals surface area contributed by atoms with Gasteiger partial charge in [0.25, 0.3) is 0 Å². The largest absolute Gasteiger partial charge is 0.478 e. The molecular weight excluding hydrogens is 204 g/mol. The Labute approximate surface area is 96.4 Å². The highest BCUT2D eigenvalue weighted by Gasteiger charge is 2.04. The lowest BCUT2D eigenvalue weighted by molar-refractivity contribution is 0.326. The molecule has 3 N–H and O–H groups in total. The Kier molecular flexibility index (Phi) is 5.56. The summed E-state index contributed by atoms with van der Waals surface area (Å²) in [7, 11) is 0. The quantitative estimate of drug-likeness (QED) is 0.732. The van der Waals surface area contributed by atoms with E-state index in [2.05, 4.69) is 22.2 Å². The second-order valence-electron chi connectivity index (χ2n) is 3.63. The molecule has 5 heteroatoms. The number of nitrogens with one attached hydrogen (secondary N) is 1. The van der Waals surface area contributed by atoms with Crippen LogP contribution in [0.1, 0.15) is 26.7 Å². The molecule has 0 aliphatic rings. The topological polar surface area (TPSA) is 73.1 Å². The monoisotopic (exact) mass is 224 g/mol. The molecule has 16 heavy (non-hydrogen) atoms. The average molecular weight is 224 g/mol. The minimum atomic E-state index is 0.320. The van der Waals surface area contributed by atoms with Crippen molar-refractivity contribution in [2.24, 2.45) is 5.73 Å². The molecule has 0 saturated carbocycles. The van der Waals surface area contributed by atoms with Crippen LogP contribution in [0.2, 0.25) is 0 Å². The molecule has 0 radical (unpaired) electrons. The third-order valence-corrected chi connectivity index (χ3v) is 2.14. The van der Waals surface area contributed by atoms with Gasteiger partial charge in [0, 0.05) is 18.3 Å². The molecule has 5 nitrogen and oxygen atoms in total. The molecule has 0 bridgehead atoms. The van der Waals surface area contributed by atoms with Crippen molar-refractivity contribution < 1.29 is 4.74 Å². The average Bonchev–Trinajstić information content (AvgIpc) is 2.27. The van der Waals surface area contributed by atoms with Crippen LogP contribution >= 0.6 is 0 Å². The Balaban J connectivity index is 2.49. The van der Waals surface area contributed by atoms with Crippen molar-refractivity contribution in [1.29, 1.82) is 0 Å². The fraction of sp³-hybridized carbons (Fsp3) is 0.636. The minimum absolute atomic E-state index is 0.320.